The monoisotopic (exact) mass is 336 g/mol. The molecular weight excluding hydrogens is 308 g/mol. The molecule has 1 unspecified atom stereocenters. The predicted octanol–water partition coefficient (Wildman–Crippen LogP) is 4.26. The number of benzene rings is 2. The third-order valence-corrected chi connectivity index (χ3v) is 5.05. The van der Waals surface area contributed by atoms with Crippen molar-refractivity contribution in [2.45, 2.75) is 52.2 Å². The Morgan fingerprint density at radius 2 is 1.80 bits per heavy atom. The molecular formula is C22H28N2O. The van der Waals surface area contributed by atoms with Crippen LogP contribution in [0.15, 0.2) is 54.6 Å². The number of carbonyl (C=O) groups excluding carboxylic acids is 1. The summed E-state index contributed by atoms with van der Waals surface area (Å²) in [7, 11) is 0. The molecule has 3 heteroatoms. The van der Waals surface area contributed by atoms with Crippen molar-refractivity contribution >= 4 is 11.6 Å². The van der Waals surface area contributed by atoms with Crippen LogP contribution >= 0.6 is 0 Å². The van der Waals surface area contributed by atoms with Gasteiger partial charge in [-0.25, -0.2) is 0 Å². The molecule has 0 spiro atoms. The van der Waals surface area contributed by atoms with Crippen LogP contribution in [0, 0.1) is 0 Å². The molecule has 2 aromatic carbocycles. The zero-order valence-corrected chi connectivity index (χ0v) is 15.5. The maximum Gasteiger partial charge on any atom is 0.228 e. The summed E-state index contributed by atoms with van der Waals surface area (Å²) in [6, 6.07) is 19.4. The van der Waals surface area contributed by atoms with Crippen molar-refractivity contribution in [3.8, 4) is 0 Å². The number of amides is 1. The summed E-state index contributed by atoms with van der Waals surface area (Å²) in [4.78, 5) is 17.3. The van der Waals surface area contributed by atoms with E-state index in [0.29, 0.717) is 12.5 Å². The smallest absolute Gasteiger partial charge is 0.228 e. The molecule has 1 atom stereocenters. The van der Waals surface area contributed by atoms with Crippen LogP contribution in [-0.2, 0) is 17.8 Å². The van der Waals surface area contributed by atoms with Gasteiger partial charge in [0.15, 0.2) is 0 Å². The second-order valence-corrected chi connectivity index (χ2v) is 7.25. The maximum atomic E-state index is 12.9. The largest absolute Gasteiger partial charge is 0.309 e. The van der Waals surface area contributed by atoms with Gasteiger partial charge in [-0.1, -0.05) is 48.5 Å². The normalized spacial score (nSPS) is 16.5. The number of carbonyl (C=O) groups is 1. The van der Waals surface area contributed by atoms with Crippen molar-refractivity contribution in [1.82, 2.24) is 4.90 Å². The highest BCUT2D eigenvalue weighted by atomic mass is 16.2. The second kappa shape index (κ2) is 7.83. The topological polar surface area (TPSA) is 23.6 Å². The minimum absolute atomic E-state index is 0.233. The molecule has 132 valence electrons. The molecule has 0 aromatic heterocycles. The van der Waals surface area contributed by atoms with E-state index in [1.165, 1.54) is 11.1 Å². The molecule has 1 aliphatic rings. The van der Waals surface area contributed by atoms with Gasteiger partial charge in [-0.2, -0.15) is 0 Å². The summed E-state index contributed by atoms with van der Waals surface area (Å²) < 4.78 is 0. The van der Waals surface area contributed by atoms with Crippen LogP contribution in [0.4, 0.5) is 5.69 Å². The van der Waals surface area contributed by atoms with E-state index in [2.05, 4.69) is 68.1 Å². The first-order valence-electron chi connectivity index (χ1n) is 9.24. The van der Waals surface area contributed by atoms with Crippen LogP contribution in [-0.4, -0.2) is 29.4 Å². The van der Waals surface area contributed by atoms with Crippen molar-refractivity contribution in [2.75, 3.05) is 11.4 Å². The molecule has 3 rings (SSSR count). The molecule has 0 radical (unpaired) electrons. The fraction of sp³-hybridized carbons (Fsp3) is 0.409. The molecule has 0 saturated carbocycles. The highest BCUT2D eigenvalue weighted by Gasteiger charge is 2.30. The average molecular weight is 336 g/mol. The van der Waals surface area contributed by atoms with Crippen LogP contribution < -0.4 is 4.90 Å². The molecule has 0 saturated heterocycles. The summed E-state index contributed by atoms with van der Waals surface area (Å²) in [6.45, 7) is 8.21. The van der Waals surface area contributed by atoms with Gasteiger partial charge in [0.05, 0.1) is 0 Å². The summed E-state index contributed by atoms with van der Waals surface area (Å²) >= 11 is 0. The summed E-state index contributed by atoms with van der Waals surface area (Å²) in [6.07, 6.45) is 1.52. The predicted molar refractivity (Wildman–Crippen MR) is 104 cm³/mol. The standard InChI is InChI=1S/C22H28N2O/c1-17(2)23(16-19-9-5-4-6-10-19)14-13-22(25)24-18(3)15-20-11-7-8-12-21(20)24/h4-12,17-18H,13-16H2,1-3H3. The molecule has 0 aliphatic carbocycles. The van der Waals surface area contributed by atoms with Gasteiger partial charge >= 0.3 is 0 Å². The molecule has 1 heterocycles. The number of hydrogen-bond acceptors (Lipinski definition) is 2. The Bertz CT molecular complexity index is 711. The Morgan fingerprint density at radius 1 is 1.12 bits per heavy atom. The SMILES string of the molecule is CC(C)N(CCC(=O)N1c2ccccc2CC1C)Cc1ccccc1. The van der Waals surface area contributed by atoms with E-state index < -0.39 is 0 Å². The van der Waals surface area contributed by atoms with E-state index in [1.54, 1.807) is 0 Å². The Balaban J connectivity index is 1.64. The van der Waals surface area contributed by atoms with E-state index in [4.69, 9.17) is 0 Å². The van der Waals surface area contributed by atoms with Gasteiger partial charge in [0.2, 0.25) is 5.91 Å². The van der Waals surface area contributed by atoms with Crippen molar-refractivity contribution in [3.05, 3.63) is 65.7 Å². The number of nitrogens with zero attached hydrogens (tertiary/aromatic N) is 2. The van der Waals surface area contributed by atoms with E-state index in [1.807, 2.05) is 17.0 Å². The van der Waals surface area contributed by atoms with Gasteiger partial charge in [0, 0.05) is 37.3 Å². The van der Waals surface area contributed by atoms with Crippen LogP contribution in [0.2, 0.25) is 0 Å². The van der Waals surface area contributed by atoms with Crippen LogP contribution in [0.1, 0.15) is 38.3 Å². The van der Waals surface area contributed by atoms with Crippen LogP contribution in [0.5, 0.6) is 0 Å². The highest BCUT2D eigenvalue weighted by molar-refractivity contribution is 5.96. The lowest BCUT2D eigenvalue weighted by molar-refractivity contribution is -0.119. The molecule has 0 N–H and O–H groups in total. The van der Waals surface area contributed by atoms with Crippen molar-refractivity contribution in [2.24, 2.45) is 0 Å². The molecule has 0 bridgehead atoms. The van der Waals surface area contributed by atoms with Gasteiger partial charge in [0.1, 0.15) is 0 Å². The van der Waals surface area contributed by atoms with Crippen LogP contribution in [0.3, 0.4) is 0 Å². The third-order valence-electron chi connectivity index (χ3n) is 5.05. The Morgan fingerprint density at radius 3 is 2.52 bits per heavy atom. The van der Waals surface area contributed by atoms with Gasteiger partial charge < -0.3 is 4.90 Å². The van der Waals surface area contributed by atoms with E-state index in [0.717, 1.165) is 25.2 Å². The van der Waals surface area contributed by atoms with Crippen LogP contribution in [0.25, 0.3) is 0 Å². The average Bonchev–Trinajstić information content (AvgIpc) is 2.94. The van der Waals surface area contributed by atoms with E-state index in [9.17, 15) is 4.79 Å². The highest BCUT2D eigenvalue weighted by Crippen LogP contribution is 2.32. The zero-order valence-electron chi connectivity index (χ0n) is 15.5. The van der Waals surface area contributed by atoms with Gasteiger partial charge in [-0.3, -0.25) is 9.69 Å². The maximum absolute atomic E-state index is 12.9. The third kappa shape index (κ3) is 4.10. The fourth-order valence-corrected chi connectivity index (χ4v) is 3.64. The first-order chi connectivity index (χ1) is 12.1. The van der Waals surface area contributed by atoms with Gasteiger partial charge in [-0.15, -0.1) is 0 Å². The van der Waals surface area contributed by atoms with E-state index in [-0.39, 0.29) is 11.9 Å². The second-order valence-electron chi connectivity index (χ2n) is 7.25. The summed E-state index contributed by atoms with van der Waals surface area (Å²) in [5.41, 5.74) is 3.68. The number of hydrogen-bond donors (Lipinski definition) is 0. The Kier molecular flexibility index (Phi) is 5.54. The number of para-hydroxylation sites is 1. The first-order valence-corrected chi connectivity index (χ1v) is 9.24. The Hall–Kier alpha value is -2.13. The molecule has 25 heavy (non-hydrogen) atoms. The lowest BCUT2D eigenvalue weighted by Crippen LogP contribution is -2.39. The van der Waals surface area contributed by atoms with Gasteiger partial charge in [-0.05, 0) is 44.4 Å². The molecule has 0 fully saturated rings. The minimum atomic E-state index is 0.233. The van der Waals surface area contributed by atoms with Gasteiger partial charge in [0.25, 0.3) is 0 Å². The molecule has 1 aliphatic heterocycles. The summed E-state index contributed by atoms with van der Waals surface area (Å²) in [5.74, 6) is 0.233. The van der Waals surface area contributed by atoms with Crippen molar-refractivity contribution in [1.29, 1.82) is 0 Å². The van der Waals surface area contributed by atoms with Crippen molar-refractivity contribution < 1.29 is 4.79 Å². The molecule has 3 nitrogen and oxygen atoms in total. The fourth-order valence-electron chi connectivity index (χ4n) is 3.64. The summed E-state index contributed by atoms with van der Waals surface area (Å²) in [5, 5.41) is 0. The molecule has 1 amide bonds. The number of rotatable bonds is 6. The number of fused-ring (bicyclic) bond motifs is 1. The Labute approximate surface area is 151 Å². The lowest BCUT2D eigenvalue weighted by atomic mass is 10.1. The quantitative estimate of drug-likeness (QED) is 0.787. The minimum Gasteiger partial charge on any atom is -0.309 e. The lowest BCUT2D eigenvalue weighted by Gasteiger charge is -2.28. The zero-order chi connectivity index (χ0) is 17.8. The first kappa shape index (κ1) is 17.7. The number of anilines is 1. The van der Waals surface area contributed by atoms with E-state index >= 15 is 0 Å². The molecule has 2 aromatic rings. The van der Waals surface area contributed by atoms with Crippen molar-refractivity contribution in [3.63, 3.8) is 0 Å².